The van der Waals surface area contributed by atoms with Crippen LogP contribution in [0.4, 0.5) is 0 Å². The fourth-order valence-corrected chi connectivity index (χ4v) is 1.38. The van der Waals surface area contributed by atoms with Crippen LogP contribution < -0.4 is 5.32 Å². The van der Waals surface area contributed by atoms with Crippen molar-refractivity contribution in [1.29, 1.82) is 0 Å². The molecule has 0 aromatic carbocycles. The van der Waals surface area contributed by atoms with Crippen molar-refractivity contribution >= 4 is 0 Å². The molecule has 0 saturated heterocycles. The Hall–Kier alpha value is -0.870. The Morgan fingerprint density at radius 3 is 3.21 bits per heavy atom. The Morgan fingerprint density at radius 1 is 1.64 bits per heavy atom. The maximum absolute atomic E-state index is 5.06. The average molecular weight is 196 g/mol. The van der Waals surface area contributed by atoms with Gasteiger partial charge in [0.25, 0.3) is 0 Å². The lowest BCUT2D eigenvalue weighted by molar-refractivity contribution is 0.155. The van der Waals surface area contributed by atoms with E-state index in [1.807, 2.05) is 6.07 Å². The van der Waals surface area contributed by atoms with E-state index in [0.717, 1.165) is 30.5 Å². The molecule has 14 heavy (non-hydrogen) atoms. The first kappa shape index (κ1) is 9.68. The van der Waals surface area contributed by atoms with E-state index in [2.05, 4.69) is 10.5 Å². The van der Waals surface area contributed by atoms with Crippen molar-refractivity contribution in [2.75, 3.05) is 13.7 Å². The number of hydrogen-bond donors (Lipinski definition) is 1. The number of nitrogens with zero attached hydrogens (tertiary/aromatic N) is 1. The van der Waals surface area contributed by atoms with Gasteiger partial charge < -0.3 is 14.6 Å². The molecular formula is C10H16N2O2. The monoisotopic (exact) mass is 196 g/mol. The van der Waals surface area contributed by atoms with Gasteiger partial charge in [0.15, 0.2) is 5.76 Å². The minimum Gasteiger partial charge on any atom is -0.377 e. The molecule has 0 unspecified atom stereocenters. The smallest absolute Gasteiger partial charge is 0.162 e. The summed E-state index contributed by atoms with van der Waals surface area (Å²) < 4.78 is 10.0. The molecule has 1 aromatic heterocycles. The first-order valence-corrected chi connectivity index (χ1v) is 5.02. The van der Waals surface area contributed by atoms with Crippen LogP contribution in [0.5, 0.6) is 0 Å². The molecule has 4 nitrogen and oxygen atoms in total. The summed E-state index contributed by atoms with van der Waals surface area (Å²) in [5, 5.41) is 7.29. The van der Waals surface area contributed by atoms with Crippen LogP contribution in [0.15, 0.2) is 10.6 Å². The Balaban J connectivity index is 1.71. The third-order valence-electron chi connectivity index (χ3n) is 2.33. The molecule has 1 N–H and O–H groups in total. The number of nitrogens with one attached hydrogen (secondary N) is 1. The van der Waals surface area contributed by atoms with Gasteiger partial charge in [-0.15, -0.1) is 0 Å². The van der Waals surface area contributed by atoms with E-state index in [0.29, 0.717) is 6.61 Å². The molecular weight excluding hydrogens is 180 g/mol. The van der Waals surface area contributed by atoms with Crippen LogP contribution in [-0.2, 0) is 17.9 Å². The molecule has 1 aliphatic carbocycles. The molecule has 0 aliphatic heterocycles. The standard InChI is InChI=1S/C10H16N2O2/c1-13-7-10-4-9(12-14-10)6-11-5-8-2-3-8/h4,8,11H,2-3,5-7H2,1H3. The third-order valence-corrected chi connectivity index (χ3v) is 2.33. The number of methoxy groups -OCH3 is 1. The van der Waals surface area contributed by atoms with Crippen LogP contribution in [0.25, 0.3) is 0 Å². The highest BCUT2D eigenvalue weighted by atomic mass is 16.5. The molecule has 0 radical (unpaired) electrons. The van der Waals surface area contributed by atoms with E-state index in [1.54, 1.807) is 7.11 Å². The highest BCUT2D eigenvalue weighted by molar-refractivity contribution is 5.04. The lowest BCUT2D eigenvalue weighted by Gasteiger charge is -1.97. The zero-order chi connectivity index (χ0) is 9.80. The summed E-state index contributed by atoms with van der Waals surface area (Å²) in [6.07, 6.45) is 2.75. The van der Waals surface area contributed by atoms with Gasteiger partial charge in [0, 0.05) is 19.7 Å². The van der Waals surface area contributed by atoms with Crippen molar-refractivity contribution in [3.8, 4) is 0 Å². The van der Waals surface area contributed by atoms with Crippen molar-refractivity contribution in [1.82, 2.24) is 10.5 Å². The summed E-state index contributed by atoms with van der Waals surface area (Å²) in [4.78, 5) is 0. The number of rotatable bonds is 6. The highest BCUT2D eigenvalue weighted by Crippen LogP contribution is 2.27. The lowest BCUT2D eigenvalue weighted by Crippen LogP contribution is -2.16. The largest absolute Gasteiger partial charge is 0.377 e. The van der Waals surface area contributed by atoms with Crippen molar-refractivity contribution in [3.05, 3.63) is 17.5 Å². The molecule has 1 aliphatic rings. The van der Waals surface area contributed by atoms with Crippen molar-refractivity contribution in [2.24, 2.45) is 5.92 Å². The molecule has 0 atom stereocenters. The van der Waals surface area contributed by atoms with Gasteiger partial charge in [0.1, 0.15) is 6.61 Å². The first-order valence-electron chi connectivity index (χ1n) is 5.02. The predicted molar refractivity (Wildman–Crippen MR) is 51.6 cm³/mol. The van der Waals surface area contributed by atoms with E-state index in [9.17, 15) is 0 Å². The maximum Gasteiger partial charge on any atom is 0.162 e. The fourth-order valence-electron chi connectivity index (χ4n) is 1.38. The minimum atomic E-state index is 0.496. The molecule has 78 valence electrons. The summed E-state index contributed by atoms with van der Waals surface area (Å²) in [6, 6.07) is 1.93. The molecule has 0 bridgehead atoms. The van der Waals surface area contributed by atoms with Gasteiger partial charge in [-0.05, 0) is 25.3 Å². The predicted octanol–water partition coefficient (Wildman–Crippen LogP) is 1.32. The summed E-state index contributed by atoms with van der Waals surface area (Å²) in [5.74, 6) is 1.69. The first-order chi connectivity index (χ1) is 6.88. The molecule has 0 spiro atoms. The lowest BCUT2D eigenvalue weighted by atomic mass is 10.3. The van der Waals surface area contributed by atoms with Crippen molar-refractivity contribution in [3.63, 3.8) is 0 Å². The Labute approximate surface area is 83.6 Å². The second-order valence-corrected chi connectivity index (χ2v) is 3.79. The van der Waals surface area contributed by atoms with Crippen LogP contribution in [0.1, 0.15) is 24.3 Å². The van der Waals surface area contributed by atoms with E-state index < -0.39 is 0 Å². The zero-order valence-electron chi connectivity index (χ0n) is 8.45. The molecule has 1 saturated carbocycles. The van der Waals surface area contributed by atoms with Crippen molar-refractivity contribution in [2.45, 2.75) is 26.0 Å². The molecule has 1 heterocycles. The Bertz CT molecular complexity index is 281. The summed E-state index contributed by atoms with van der Waals surface area (Å²) in [6.45, 7) is 2.39. The van der Waals surface area contributed by atoms with E-state index in [1.165, 1.54) is 12.8 Å². The zero-order valence-corrected chi connectivity index (χ0v) is 8.45. The number of aromatic nitrogens is 1. The van der Waals surface area contributed by atoms with Gasteiger partial charge >= 0.3 is 0 Å². The van der Waals surface area contributed by atoms with Gasteiger partial charge in [-0.1, -0.05) is 5.16 Å². The molecule has 1 fully saturated rings. The maximum atomic E-state index is 5.06. The van der Waals surface area contributed by atoms with E-state index in [-0.39, 0.29) is 0 Å². The molecule has 4 heteroatoms. The topological polar surface area (TPSA) is 47.3 Å². The number of hydrogen-bond acceptors (Lipinski definition) is 4. The summed E-state index contributed by atoms with van der Waals surface area (Å²) >= 11 is 0. The third kappa shape index (κ3) is 2.82. The normalized spacial score (nSPS) is 16.1. The molecule has 0 amide bonds. The van der Waals surface area contributed by atoms with Crippen LogP contribution in [0.2, 0.25) is 0 Å². The van der Waals surface area contributed by atoms with Crippen LogP contribution in [0.3, 0.4) is 0 Å². The van der Waals surface area contributed by atoms with E-state index >= 15 is 0 Å². The Kier molecular flexibility index (Phi) is 3.16. The van der Waals surface area contributed by atoms with Crippen LogP contribution in [0, 0.1) is 5.92 Å². The fraction of sp³-hybridized carbons (Fsp3) is 0.700. The van der Waals surface area contributed by atoms with Gasteiger partial charge in [-0.3, -0.25) is 0 Å². The molecule has 1 aromatic rings. The van der Waals surface area contributed by atoms with Crippen molar-refractivity contribution < 1.29 is 9.26 Å². The second-order valence-electron chi connectivity index (χ2n) is 3.79. The van der Waals surface area contributed by atoms with Gasteiger partial charge in [-0.2, -0.15) is 0 Å². The number of ether oxygens (including phenoxy) is 1. The highest BCUT2D eigenvalue weighted by Gasteiger charge is 2.20. The second kappa shape index (κ2) is 4.57. The average Bonchev–Trinajstić information content (AvgIpc) is 2.88. The van der Waals surface area contributed by atoms with Gasteiger partial charge in [-0.25, -0.2) is 0 Å². The SMILES string of the molecule is COCc1cc(CNCC2CC2)no1. The molecule has 2 rings (SSSR count). The van der Waals surface area contributed by atoms with Gasteiger partial charge in [0.05, 0.1) is 5.69 Å². The summed E-state index contributed by atoms with van der Waals surface area (Å²) in [5.41, 5.74) is 0.956. The van der Waals surface area contributed by atoms with Gasteiger partial charge in [0.2, 0.25) is 0 Å². The Morgan fingerprint density at radius 2 is 2.50 bits per heavy atom. The quantitative estimate of drug-likeness (QED) is 0.745. The minimum absolute atomic E-state index is 0.496. The van der Waals surface area contributed by atoms with E-state index in [4.69, 9.17) is 9.26 Å². The summed E-state index contributed by atoms with van der Waals surface area (Å²) in [7, 11) is 1.65. The van der Waals surface area contributed by atoms with Crippen LogP contribution >= 0.6 is 0 Å². The van der Waals surface area contributed by atoms with Crippen LogP contribution in [-0.4, -0.2) is 18.8 Å².